The summed E-state index contributed by atoms with van der Waals surface area (Å²) in [5.41, 5.74) is 0.577. The maximum absolute atomic E-state index is 12.1. The van der Waals surface area contributed by atoms with Crippen molar-refractivity contribution in [1.29, 1.82) is 0 Å². The van der Waals surface area contributed by atoms with Crippen LogP contribution in [-0.4, -0.2) is 12.7 Å². The van der Waals surface area contributed by atoms with Crippen LogP contribution in [0.2, 0.25) is 0 Å². The molecule has 5 heteroatoms. The molecule has 1 aromatic heterocycles. The summed E-state index contributed by atoms with van der Waals surface area (Å²) in [6.07, 6.45) is 0. The lowest BCUT2D eigenvalue weighted by molar-refractivity contribution is 0.0940. The van der Waals surface area contributed by atoms with Crippen molar-refractivity contribution in [3.63, 3.8) is 0 Å². The van der Waals surface area contributed by atoms with Gasteiger partial charge in [0.1, 0.15) is 0 Å². The number of nitrogens with one attached hydrogen (secondary N) is 1. The normalized spacial score (nSPS) is 14.2. The van der Waals surface area contributed by atoms with Crippen molar-refractivity contribution in [3.8, 4) is 11.5 Å². The molecule has 2 heterocycles. The molecule has 0 aliphatic carbocycles. The monoisotopic (exact) mass is 275 g/mol. The van der Waals surface area contributed by atoms with E-state index in [9.17, 15) is 4.79 Å². The molecule has 0 fully saturated rings. The Balaban J connectivity index is 1.74. The number of carbonyl (C=O) groups excluding carboxylic acids is 1. The van der Waals surface area contributed by atoms with Crippen LogP contribution in [0.25, 0.3) is 0 Å². The Morgan fingerprint density at radius 2 is 2.16 bits per heavy atom. The summed E-state index contributed by atoms with van der Waals surface area (Å²) in [4.78, 5) is 13.3. The SMILES string of the molecule is C[C@@H](NC(=O)c1ccc2c(c1)OCO2)c1cccs1. The first-order valence-electron chi connectivity index (χ1n) is 5.98. The number of hydrogen-bond acceptors (Lipinski definition) is 4. The average Bonchev–Trinajstić information content (AvgIpc) is 3.09. The summed E-state index contributed by atoms with van der Waals surface area (Å²) in [5.74, 6) is 1.19. The first-order valence-corrected chi connectivity index (χ1v) is 6.86. The summed E-state index contributed by atoms with van der Waals surface area (Å²) in [5, 5.41) is 4.96. The second-order valence-electron chi connectivity index (χ2n) is 4.28. The van der Waals surface area contributed by atoms with E-state index in [-0.39, 0.29) is 18.7 Å². The molecule has 2 aromatic rings. The third-order valence-electron chi connectivity index (χ3n) is 2.95. The Hall–Kier alpha value is -2.01. The van der Waals surface area contributed by atoms with Gasteiger partial charge in [-0.2, -0.15) is 0 Å². The van der Waals surface area contributed by atoms with E-state index in [0.717, 1.165) is 4.88 Å². The van der Waals surface area contributed by atoms with Crippen molar-refractivity contribution >= 4 is 17.2 Å². The quantitative estimate of drug-likeness (QED) is 0.936. The summed E-state index contributed by atoms with van der Waals surface area (Å²) in [6, 6.07) is 9.19. The Morgan fingerprint density at radius 1 is 1.32 bits per heavy atom. The van der Waals surface area contributed by atoms with Crippen LogP contribution >= 0.6 is 11.3 Å². The number of rotatable bonds is 3. The lowest BCUT2D eigenvalue weighted by atomic mass is 10.1. The van der Waals surface area contributed by atoms with E-state index in [4.69, 9.17) is 9.47 Å². The molecular weight excluding hydrogens is 262 g/mol. The summed E-state index contributed by atoms with van der Waals surface area (Å²) < 4.78 is 10.5. The van der Waals surface area contributed by atoms with Gasteiger partial charge >= 0.3 is 0 Å². The van der Waals surface area contributed by atoms with Crippen LogP contribution in [0.5, 0.6) is 11.5 Å². The minimum atomic E-state index is -0.112. The molecular formula is C14H13NO3S. The average molecular weight is 275 g/mol. The molecule has 0 spiro atoms. The number of fused-ring (bicyclic) bond motifs is 1. The van der Waals surface area contributed by atoms with E-state index in [2.05, 4.69) is 5.32 Å². The van der Waals surface area contributed by atoms with Crippen molar-refractivity contribution in [1.82, 2.24) is 5.32 Å². The number of hydrogen-bond donors (Lipinski definition) is 1. The third kappa shape index (κ3) is 2.42. The zero-order valence-corrected chi connectivity index (χ0v) is 11.2. The van der Waals surface area contributed by atoms with Crippen molar-refractivity contribution in [2.45, 2.75) is 13.0 Å². The summed E-state index contributed by atoms with van der Waals surface area (Å²) in [7, 11) is 0. The number of amides is 1. The molecule has 0 bridgehead atoms. The molecule has 0 saturated carbocycles. The van der Waals surface area contributed by atoms with Gasteiger partial charge in [0.05, 0.1) is 6.04 Å². The number of benzene rings is 1. The largest absolute Gasteiger partial charge is 0.454 e. The van der Waals surface area contributed by atoms with E-state index < -0.39 is 0 Å². The molecule has 98 valence electrons. The predicted molar refractivity (Wildman–Crippen MR) is 72.8 cm³/mol. The molecule has 19 heavy (non-hydrogen) atoms. The van der Waals surface area contributed by atoms with Crippen LogP contribution in [0.1, 0.15) is 28.2 Å². The summed E-state index contributed by atoms with van der Waals surface area (Å²) in [6.45, 7) is 2.18. The first kappa shape index (κ1) is 12.0. The Labute approximate surface area is 115 Å². The fraction of sp³-hybridized carbons (Fsp3) is 0.214. The molecule has 0 radical (unpaired) electrons. The molecule has 1 aromatic carbocycles. The van der Waals surface area contributed by atoms with E-state index in [1.54, 1.807) is 29.5 Å². The van der Waals surface area contributed by atoms with E-state index in [1.165, 1.54) is 0 Å². The third-order valence-corrected chi connectivity index (χ3v) is 4.01. The van der Waals surface area contributed by atoms with Crippen molar-refractivity contribution in [2.75, 3.05) is 6.79 Å². The van der Waals surface area contributed by atoms with Gasteiger partial charge in [0.15, 0.2) is 11.5 Å². The Bertz CT molecular complexity index is 595. The predicted octanol–water partition coefficient (Wildman–Crippen LogP) is 2.97. The van der Waals surface area contributed by atoms with Gasteiger partial charge in [-0.15, -0.1) is 11.3 Å². The van der Waals surface area contributed by atoms with Crippen LogP contribution in [0.15, 0.2) is 35.7 Å². The van der Waals surface area contributed by atoms with Crippen LogP contribution < -0.4 is 14.8 Å². The highest BCUT2D eigenvalue weighted by Crippen LogP contribution is 2.32. The highest BCUT2D eigenvalue weighted by molar-refractivity contribution is 7.10. The van der Waals surface area contributed by atoms with Gasteiger partial charge in [-0.25, -0.2) is 0 Å². The van der Waals surface area contributed by atoms with Crippen LogP contribution in [-0.2, 0) is 0 Å². The lowest BCUT2D eigenvalue weighted by Crippen LogP contribution is -2.26. The van der Waals surface area contributed by atoms with Crippen molar-refractivity contribution in [3.05, 3.63) is 46.2 Å². The van der Waals surface area contributed by atoms with Crippen molar-refractivity contribution in [2.24, 2.45) is 0 Å². The summed E-state index contributed by atoms with van der Waals surface area (Å²) >= 11 is 1.63. The smallest absolute Gasteiger partial charge is 0.251 e. The van der Waals surface area contributed by atoms with Crippen LogP contribution in [0.4, 0.5) is 0 Å². The minimum Gasteiger partial charge on any atom is -0.454 e. The fourth-order valence-corrected chi connectivity index (χ4v) is 2.66. The second kappa shape index (κ2) is 4.93. The lowest BCUT2D eigenvalue weighted by Gasteiger charge is -2.12. The number of thiophene rings is 1. The van der Waals surface area contributed by atoms with Gasteiger partial charge in [-0.05, 0) is 36.6 Å². The van der Waals surface area contributed by atoms with Crippen LogP contribution in [0, 0.1) is 0 Å². The van der Waals surface area contributed by atoms with E-state index in [0.29, 0.717) is 17.1 Å². The van der Waals surface area contributed by atoms with Crippen molar-refractivity contribution < 1.29 is 14.3 Å². The maximum Gasteiger partial charge on any atom is 0.251 e. The van der Waals surface area contributed by atoms with Gasteiger partial charge in [0, 0.05) is 10.4 Å². The second-order valence-corrected chi connectivity index (χ2v) is 5.26. The highest BCUT2D eigenvalue weighted by atomic mass is 32.1. The standard InChI is InChI=1S/C14H13NO3S/c1-9(13-3-2-6-19-13)15-14(16)10-4-5-11-12(7-10)18-8-17-11/h2-7,9H,8H2,1H3,(H,15,16)/t9-/m1/s1. The maximum atomic E-state index is 12.1. The van der Waals surface area contributed by atoms with Gasteiger partial charge in [0.25, 0.3) is 5.91 Å². The van der Waals surface area contributed by atoms with Gasteiger partial charge in [0.2, 0.25) is 6.79 Å². The molecule has 1 amide bonds. The molecule has 0 unspecified atom stereocenters. The van der Waals surface area contributed by atoms with E-state index in [1.807, 2.05) is 24.4 Å². The zero-order chi connectivity index (χ0) is 13.2. The highest BCUT2D eigenvalue weighted by Gasteiger charge is 2.17. The van der Waals surface area contributed by atoms with Gasteiger partial charge < -0.3 is 14.8 Å². The number of ether oxygens (including phenoxy) is 2. The topological polar surface area (TPSA) is 47.6 Å². The van der Waals surface area contributed by atoms with Gasteiger partial charge in [-0.3, -0.25) is 4.79 Å². The van der Waals surface area contributed by atoms with Gasteiger partial charge in [-0.1, -0.05) is 6.07 Å². The fourth-order valence-electron chi connectivity index (χ4n) is 1.93. The molecule has 3 rings (SSSR count). The molecule has 4 nitrogen and oxygen atoms in total. The zero-order valence-electron chi connectivity index (χ0n) is 10.4. The molecule has 1 N–H and O–H groups in total. The van der Waals surface area contributed by atoms with E-state index >= 15 is 0 Å². The molecule has 1 aliphatic heterocycles. The van der Waals surface area contributed by atoms with Crippen LogP contribution in [0.3, 0.4) is 0 Å². The first-order chi connectivity index (χ1) is 9.24. The Kier molecular flexibility index (Phi) is 3.13. The molecule has 1 atom stereocenters. The molecule has 1 aliphatic rings. The number of carbonyl (C=O) groups is 1. The minimum absolute atomic E-state index is 0.00192. The molecule has 0 saturated heterocycles. The Morgan fingerprint density at radius 3 is 2.95 bits per heavy atom.